The number of aliphatic hydroxyl groups is 1. The molecule has 1 saturated heterocycles. The van der Waals surface area contributed by atoms with E-state index in [4.69, 9.17) is 4.74 Å². The Morgan fingerprint density at radius 1 is 1.15 bits per heavy atom. The zero-order chi connectivity index (χ0) is 23.5. The highest BCUT2D eigenvalue weighted by molar-refractivity contribution is 7.91. The van der Waals surface area contributed by atoms with Crippen LogP contribution in [0.1, 0.15) is 25.0 Å². The molecule has 0 radical (unpaired) electrons. The van der Waals surface area contributed by atoms with Gasteiger partial charge < -0.3 is 14.7 Å². The third-order valence-corrected chi connectivity index (χ3v) is 8.98. The first-order valence-electron chi connectivity index (χ1n) is 10.8. The Bertz CT molecular complexity index is 1130. The molecule has 33 heavy (non-hydrogen) atoms. The minimum Gasteiger partial charge on any atom is -0.386 e. The second kappa shape index (κ2) is 9.90. The first-order valence-corrected chi connectivity index (χ1v) is 13.2. The van der Waals surface area contributed by atoms with Crippen molar-refractivity contribution < 1.29 is 18.3 Å². The summed E-state index contributed by atoms with van der Waals surface area (Å²) in [6.07, 6.45) is 3.48. The van der Waals surface area contributed by atoms with Crippen LogP contribution in [-0.2, 0) is 27.0 Å². The molecule has 0 bridgehead atoms. The third-order valence-electron chi connectivity index (χ3n) is 5.74. The quantitative estimate of drug-likeness (QED) is 0.524. The van der Waals surface area contributed by atoms with Crippen LogP contribution in [0, 0.1) is 0 Å². The first kappa shape index (κ1) is 23.8. The van der Waals surface area contributed by atoms with Crippen LogP contribution in [0.2, 0.25) is 0 Å². The van der Waals surface area contributed by atoms with Gasteiger partial charge in [-0.25, -0.2) is 8.42 Å². The Balaban J connectivity index is 1.53. The molecule has 0 saturated carbocycles. The number of thiophene rings is 1. The summed E-state index contributed by atoms with van der Waals surface area (Å²) < 4.78 is 34.2. The van der Waals surface area contributed by atoms with Crippen LogP contribution in [0.15, 0.2) is 70.5 Å². The monoisotopic (exact) mass is 487 g/mol. The predicted molar refractivity (Wildman–Crippen MR) is 130 cm³/mol. The van der Waals surface area contributed by atoms with Crippen molar-refractivity contribution in [3.63, 3.8) is 0 Å². The summed E-state index contributed by atoms with van der Waals surface area (Å²) in [4.78, 5) is 6.31. The first-order chi connectivity index (χ1) is 15.7. The maximum Gasteiger partial charge on any atom is 0.252 e. The molecule has 2 aromatic heterocycles. The van der Waals surface area contributed by atoms with Crippen molar-refractivity contribution in [2.45, 2.75) is 36.3 Å². The molecule has 1 aromatic carbocycles. The summed E-state index contributed by atoms with van der Waals surface area (Å²) in [7, 11) is -3.53. The maximum atomic E-state index is 13.1. The van der Waals surface area contributed by atoms with Gasteiger partial charge in [-0.3, -0.25) is 4.98 Å². The van der Waals surface area contributed by atoms with Gasteiger partial charge in [-0.05, 0) is 54.6 Å². The number of piperazine rings is 1. The number of hydrogen-bond acceptors (Lipinski definition) is 7. The third kappa shape index (κ3) is 5.62. The average Bonchev–Trinajstić information content (AvgIpc) is 3.35. The predicted octanol–water partition coefficient (Wildman–Crippen LogP) is 3.47. The summed E-state index contributed by atoms with van der Waals surface area (Å²) in [5.41, 5.74) is 1.86. The van der Waals surface area contributed by atoms with Crippen LogP contribution >= 0.6 is 11.3 Å². The van der Waals surface area contributed by atoms with Gasteiger partial charge in [-0.15, -0.1) is 11.3 Å². The highest BCUT2D eigenvalue weighted by Gasteiger charge is 2.35. The minimum atomic E-state index is -3.53. The Morgan fingerprint density at radius 3 is 2.58 bits per heavy atom. The molecule has 3 heterocycles. The molecule has 0 unspecified atom stereocenters. The van der Waals surface area contributed by atoms with Gasteiger partial charge in [-0.2, -0.15) is 4.31 Å². The van der Waals surface area contributed by atoms with E-state index in [1.165, 1.54) is 11.3 Å². The number of pyridine rings is 1. The number of aromatic nitrogens is 1. The molecular weight excluding hydrogens is 458 g/mol. The Labute approximate surface area is 199 Å². The summed E-state index contributed by atoms with van der Waals surface area (Å²) >= 11 is 1.24. The lowest BCUT2D eigenvalue weighted by Gasteiger charge is -2.42. The molecule has 7 nitrogen and oxygen atoms in total. The Hall–Kier alpha value is -2.30. The number of benzene rings is 1. The molecule has 1 aliphatic rings. The topological polar surface area (TPSA) is 83.0 Å². The molecule has 1 fully saturated rings. The van der Waals surface area contributed by atoms with Crippen molar-refractivity contribution in [1.29, 1.82) is 0 Å². The van der Waals surface area contributed by atoms with Crippen molar-refractivity contribution in [2.75, 3.05) is 31.1 Å². The molecule has 1 aliphatic heterocycles. The highest BCUT2D eigenvalue weighted by Crippen LogP contribution is 2.29. The van der Waals surface area contributed by atoms with Crippen LogP contribution in [0.4, 0.5) is 5.69 Å². The summed E-state index contributed by atoms with van der Waals surface area (Å²) in [6.45, 7) is 5.57. The van der Waals surface area contributed by atoms with E-state index in [1.54, 1.807) is 48.1 Å². The smallest absolute Gasteiger partial charge is 0.252 e. The van der Waals surface area contributed by atoms with E-state index in [1.807, 2.05) is 36.4 Å². The molecule has 0 spiro atoms. The molecule has 0 aliphatic carbocycles. The van der Waals surface area contributed by atoms with Crippen molar-refractivity contribution >= 4 is 27.0 Å². The summed E-state index contributed by atoms with van der Waals surface area (Å²) in [5, 5.41) is 12.0. The number of rotatable bonds is 8. The van der Waals surface area contributed by atoms with Gasteiger partial charge >= 0.3 is 0 Å². The molecule has 9 heteroatoms. The van der Waals surface area contributed by atoms with E-state index in [2.05, 4.69) is 9.88 Å². The number of hydrogen-bond donors (Lipinski definition) is 1. The second-order valence-corrected chi connectivity index (χ2v) is 11.7. The van der Waals surface area contributed by atoms with E-state index < -0.39 is 15.6 Å². The fourth-order valence-electron chi connectivity index (χ4n) is 3.92. The van der Waals surface area contributed by atoms with Gasteiger partial charge in [0.15, 0.2) is 0 Å². The molecule has 0 amide bonds. The standard InChI is InChI=1S/C24H29N3O4S2/c1-24(2,28)20-7-9-21(10-8-20)27-13-12-26(33(29,30)23-6-4-14-32-23)16-22(27)18-31-17-19-5-3-11-25-15-19/h3-11,14-15,22,28H,12-13,16-18H2,1-2H3/t22-/m0/s1. The van der Waals surface area contributed by atoms with Crippen LogP contribution in [-0.4, -0.2) is 55.1 Å². The van der Waals surface area contributed by atoms with Crippen LogP contribution in [0.25, 0.3) is 0 Å². The van der Waals surface area contributed by atoms with E-state index in [0.717, 1.165) is 16.8 Å². The summed E-state index contributed by atoms with van der Waals surface area (Å²) in [6, 6.07) is 14.9. The van der Waals surface area contributed by atoms with E-state index in [0.29, 0.717) is 37.1 Å². The molecule has 1 N–H and O–H groups in total. The van der Waals surface area contributed by atoms with Gasteiger partial charge in [0.25, 0.3) is 10.0 Å². The van der Waals surface area contributed by atoms with Crippen LogP contribution in [0.3, 0.4) is 0 Å². The number of ether oxygens (including phenoxy) is 1. The minimum absolute atomic E-state index is 0.154. The Kier molecular flexibility index (Phi) is 7.16. The molecule has 4 rings (SSSR count). The summed E-state index contributed by atoms with van der Waals surface area (Å²) in [5.74, 6) is 0. The maximum absolute atomic E-state index is 13.1. The van der Waals surface area contributed by atoms with Crippen LogP contribution < -0.4 is 4.90 Å². The lowest BCUT2D eigenvalue weighted by Crippen LogP contribution is -2.56. The van der Waals surface area contributed by atoms with Gasteiger partial charge in [0.1, 0.15) is 4.21 Å². The zero-order valence-electron chi connectivity index (χ0n) is 18.8. The number of anilines is 1. The van der Waals surface area contributed by atoms with Gasteiger partial charge in [-0.1, -0.05) is 24.3 Å². The van der Waals surface area contributed by atoms with E-state index >= 15 is 0 Å². The van der Waals surface area contributed by atoms with E-state index in [-0.39, 0.29) is 6.04 Å². The fourth-order valence-corrected chi connectivity index (χ4v) is 6.54. The molecule has 3 aromatic rings. The lowest BCUT2D eigenvalue weighted by atomic mass is 9.98. The van der Waals surface area contributed by atoms with Crippen molar-refractivity contribution in [3.8, 4) is 0 Å². The zero-order valence-corrected chi connectivity index (χ0v) is 20.4. The fraction of sp³-hybridized carbons (Fsp3) is 0.375. The SMILES string of the molecule is CC(C)(O)c1ccc(N2CCN(S(=O)(=O)c3cccs3)C[C@H]2COCc2cccnc2)cc1. The largest absolute Gasteiger partial charge is 0.386 e. The van der Waals surface area contributed by atoms with Gasteiger partial charge in [0.05, 0.1) is 24.9 Å². The molecule has 176 valence electrons. The van der Waals surface area contributed by atoms with Crippen molar-refractivity contribution in [3.05, 3.63) is 77.4 Å². The van der Waals surface area contributed by atoms with E-state index in [9.17, 15) is 13.5 Å². The van der Waals surface area contributed by atoms with Crippen molar-refractivity contribution in [1.82, 2.24) is 9.29 Å². The van der Waals surface area contributed by atoms with Crippen molar-refractivity contribution in [2.24, 2.45) is 0 Å². The normalized spacial score (nSPS) is 17.9. The average molecular weight is 488 g/mol. The molecule has 1 atom stereocenters. The number of nitrogens with zero attached hydrogens (tertiary/aromatic N) is 3. The second-order valence-electron chi connectivity index (χ2n) is 8.62. The molecular formula is C24H29N3O4S2. The van der Waals surface area contributed by atoms with Crippen LogP contribution in [0.5, 0.6) is 0 Å². The Morgan fingerprint density at radius 2 is 1.94 bits per heavy atom. The number of sulfonamides is 1. The lowest BCUT2D eigenvalue weighted by molar-refractivity contribution is 0.0785. The van der Waals surface area contributed by atoms with Gasteiger partial charge in [0.2, 0.25) is 0 Å². The highest BCUT2D eigenvalue weighted by atomic mass is 32.2. The van der Waals surface area contributed by atoms with Gasteiger partial charge in [0, 0.05) is 37.7 Å².